The molecular weight excluding hydrogens is 487 g/mol. The van der Waals surface area contributed by atoms with Gasteiger partial charge in [0.15, 0.2) is 0 Å². The minimum absolute atomic E-state index is 0.0147. The van der Waals surface area contributed by atoms with Gasteiger partial charge >= 0.3 is 6.18 Å². The monoisotopic (exact) mass is 509 g/mol. The average molecular weight is 509 g/mol. The average Bonchev–Trinajstić information content (AvgIpc) is 2.89. The van der Waals surface area contributed by atoms with Crippen molar-refractivity contribution in [2.45, 2.75) is 24.9 Å². The second kappa shape index (κ2) is 10.8. The normalized spacial score (nSPS) is 16.7. The molecule has 37 heavy (non-hydrogen) atoms. The van der Waals surface area contributed by atoms with Crippen LogP contribution in [0.25, 0.3) is 0 Å². The molecule has 1 saturated heterocycles. The number of amides is 2. The zero-order valence-corrected chi connectivity index (χ0v) is 19.4. The summed E-state index contributed by atoms with van der Waals surface area (Å²) in [4.78, 5) is 26.4. The van der Waals surface area contributed by atoms with E-state index in [-0.39, 0.29) is 31.6 Å². The number of nitrogens with zero attached hydrogens (tertiary/aromatic N) is 2. The summed E-state index contributed by atoms with van der Waals surface area (Å²) in [7, 11) is 0. The Morgan fingerprint density at radius 1 is 1.08 bits per heavy atom. The molecule has 7 nitrogen and oxygen atoms in total. The molecule has 0 spiro atoms. The molecule has 0 aromatic heterocycles. The van der Waals surface area contributed by atoms with Crippen LogP contribution in [0.15, 0.2) is 72.8 Å². The van der Waals surface area contributed by atoms with Crippen LogP contribution in [0.4, 0.5) is 18.9 Å². The van der Waals surface area contributed by atoms with Crippen LogP contribution >= 0.6 is 0 Å². The van der Waals surface area contributed by atoms with Gasteiger partial charge in [-0.1, -0.05) is 24.3 Å². The number of nitriles is 1. The summed E-state index contributed by atoms with van der Waals surface area (Å²) >= 11 is 0. The topological polar surface area (TPSA) is 103 Å². The molecular formula is C27H22F3N3O4. The van der Waals surface area contributed by atoms with E-state index in [9.17, 15) is 27.9 Å². The zero-order valence-electron chi connectivity index (χ0n) is 19.4. The highest BCUT2D eigenvalue weighted by Gasteiger charge is 2.35. The number of anilines is 1. The van der Waals surface area contributed by atoms with E-state index >= 15 is 0 Å². The summed E-state index contributed by atoms with van der Waals surface area (Å²) in [5.74, 6) is -0.756. The van der Waals surface area contributed by atoms with Gasteiger partial charge in [0, 0.05) is 17.8 Å². The largest absolute Gasteiger partial charge is 0.416 e. The Labute approximate surface area is 210 Å². The van der Waals surface area contributed by atoms with E-state index in [1.165, 1.54) is 29.2 Å². The standard InChI is InChI=1S/C27H22F3N3O4/c28-27(29,30)21-9-3-18(4-10-21)14-33-23(15-37-16-24(33)34)25(35)19-7-11-22(12-8-19)32-26(36)20-5-1-17(13-31)2-6-20/h1-12,23,25,35H,14-16H2,(H,32,36). The van der Waals surface area contributed by atoms with E-state index < -0.39 is 23.9 Å². The van der Waals surface area contributed by atoms with Gasteiger partial charge in [-0.2, -0.15) is 18.4 Å². The van der Waals surface area contributed by atoms with Crippen molar-refractivity contribution in [2.24, 2.45) is 0 Å². The summed E-state index contributed by atoms with van der Waals surface area (Å²) in [6, 6.07) is 18.3. The molecule has 190 valence electrons. The van der Waals surface area contributed by atoms with Crippen LogP contribution < -0.4 is 5.32 Å². The number of hydrogen-bond acceptors (Lipinski definition) is 5. The third-order valence-electron chi connectivity index (χ3n) is 6.02. The van der Waals surface area contributed by atoms with Crippen molar-refractivity contribution in [3.05, 3.63) is 101 Å². The van der Waals surface area contributed by atoms with Gasteiger partial charge in [-0.25, -0.2) is 0 Å². The second-order valence-electron chi connectivity index (χ2n) is 8.51. The fourth-order valence-corrected chi connectivity index (χ4v) is 3.97. The number of aliphatic hydroxyl groups excluding tert-OH is 1. The maximum absolute atomic E-state index is 12.9. The Kier molecular flexibility index (Phi) is 7.57. The molecule has 1 fully saturated rings. The molecule has 2 amide bonds. The van der Waals surface area contributed by atoms with Crippen LogP contribution in [0.5, 0.6) is 0 Å². The van der Waals surface area contributed by atoms with Gasteiger partial charge in [0.05, 0.1) is 29.8 Å². The van der Waals surface area contributed by atoms with Crippen LogP contribution in [0.3, 0.4) is 0 Å². The molecule has 10 heteroatoms. The number of rotatable bonds is 6. The lowest BCUT2D eigenvalue weighted by molar-refractivity contribution is -0.155. The van der Waals surface area contributed by atoms with Crippen LogP contribution in [-0.4, -0.2) is 41.1 Å². The van der Waals surface area contributed by atoms with E-state index in [0.29, 0.717) is 27.9 Å². The van der Waals surface area contributed by atoms with Crippen LogP contribution in [0, 0.1) is 11.3 Å². The van der Waals surface area contributed by atoms with Crippen molar-refractivity contribution in [1.82, 2.24) is 4.90 Å². The summed E-state index contributed by atoms with van der Waals surface area (Å²) in [5.41, 5.74) is 1.46. The Bertz CT molecular complexity index is 1300. The van der Waals surface area contributed by atoms with E-state index in [4.69, 9.17) is 10.00 Å². The van der Waals surface area contributed by atoms with Gasteiger partial charge in [-0.3, -0.25) is 9.59 Å². The number of nitrogens with one attached hydrogen (secondary N) is 1. The fraction of sp³-hybridized carbons (Fsp3) is 0.222. The molecule has 3 aromatic carbocycles. The number of hydrogen-bond donors (Lipinski definition) is 2. The minimum Gasteiger partial charge on any atom is -0.386 e. The SMILES string of the molecule is N#Cc1ccc(C(=O)Nc2ccc(C(O)C3COCC(=O)N3Cc3ccc(C(F)(F)F)cc3)cc2)cc1. The number of carbonyl (C=O) groups is 2. The predicted molar refractivity (Wildman–Crippen MR) is 127 cm³/mol. The van der Waals surface area contributed by atoms with Gasteiger partial charge in [-0.05, 0) is 59.7 Å². The Morgan fingerprint density at radius 3 is 2.32 bits per heavy atom. The van der Waals surface area contributed by atoms with E-state index in [2.05, 4.69) is 5.32 Å². The zero-order chi connectivity index (χ0) is 26.6. The van der Waals surface area contributed by atoms with E-state index in [1.54, 1.807) is 36.4 Å². The van der Waals surface area contributed by atoms with Crippen molar-refractivity contribution >= 4 is 17.5 Å². The molecule has 2 N–H and O–H groups in total. The van der Waals surface area contributed by atoms with Gasteiger partial charge in [0.2, 0.25) is 5.91 Å². The molecule has 0 bridgehead atoms. The number of benzene rings is 3. The summed E-state index contributed by atoms with van der Waals surface area (Å²) in [5, 5.41) is 22.6. The number of carbonyl (C=O) groups excluding carboxylic acids is 2. The second-order valence-corrected chi connectivity index (χ2v) is 8.51. The van der Waals surface area contributed by atoms with Gasteiger partial charge < -0.3 is 20.1 Å². The van der Waals surface area contributed by atoms with Gasteiger partial charge in [0.1, 0.15) is 12.7 Å². The number of ether oxygens (including phenoxy) is 1. The Morgan fingerprint density at radius 2 is 1.73 bits per heavy atom. The number of halogens is 3. The summed E-state index contributed by atoms with van der Waals surface area (Å²) < 4.78 is 43.9. The van der Waals surface area contributed by atoms with Crippen molar-refractivity contribution in [3.63, 3.8) is 0 Å². The van der Waals surface area contributed by atoms with Crippen LogP contribution in [0.1, 0.15) is 38.7 Å². The highest BCUT2D eigenvalue weighted by molar-refractivity contribution is 6.04. The number of morpholine rings is 1. The number of alkyl halides is 3. The predicted octanol–water partition coefficient (Wildman–Crippen LogP) is 4.29. The third-order valence-corrected chi connectivity index (χ3v) is 6.02. The first-order valence-electron chi connectivity index (χ1n) is 11.3. The highest BCUT2D eigenvalue weighted by atomic mass is 19.4. The van der Waals surface area contributed by atoms with E-state index in [1.807, 2.05) is 6.07 Å². The first-order valence-corrected chi connectivity index (χ1v) is 11.3. The smallest absolute Gasteiger partial charge is 0.386 e. The van der Waals surface area contributed by atoms with Crippen molar-refractivity contribution < 1.29 is 32.6 Å². The number of aliphatic hydroxyl groups is 1. The lowest BCUT2D eigenvalue weighted by Crippen LogP contribution is -2.51. The summed E-state index contributed by atoms with van der Waals surface area (Å²) in [6.45, 7) is -0.129. The van der Waals surface area contributed by atoms with Crippen molar-refractivity contribution in [3.8, 4) is 6.07 Å². The Balaban J connectivity index is 1.45. The molecule has 0 saturated carbocycles. The Hall–Kier alpha value is -4.20. The lowest BCUT2D eigenvalue weighted by atomic mass is 9.99. The first kappa shape index (κ1) is 25.9. The molecule has 1 aliphatic heterocycles. The third kappa shape index (κ3) is 6.14. The van der Waals surface area contributed by atoms with Crippen molar-refractivity contribution in [1.29, 1.82) is 5.26 Å². The van der Waals surface area contributed by atoms with Crippen LogP contribution in [0.2, 0.25) is 0 Å². The first-order chi connectivity index (χ1) is 17.7. The molecule has 0 radical (unpaired) electrons. The summed E-state index contributed by atoms with van der Waals surface area (Å²) in [6.07, 6.45) is -5.60. The molecule has 1 heterocycles. The van der Waals surface area contributed by atoms with Crippen molar-refractivity contribution in [2.75, 3.05) is 18.5 Å². The molecule has 3 aromatic rings. The molecule has 2 unspecified atom stereocenters. The van der Waals surface area contributed by atoms with Gasteiger partial charge in [-0.15, -0.1) is 0 Å². The maximum atomic E-state index is 12.9. The molecule has 4 rings (SSSR count). The van der Waals surface area contributed by atoms with Crippen LogP contribution in [-0.2, 0) is 22.3 Å². The van der Waals surface area contributed by atoms with Gasteiger partial charge in [0.25, 0.3) is 5.91 Å². The molecule has 2 atom stereocenters. The van der Waals surface area contributed by atoms with E-state index in [0.717, 1.165) is 12.1 Å². The maximum Gasteiger partial charge on any atom is 0.416 e. The lowest BCUT2D eigenvalue weighted by Gasteiger charge is -2.38. The fourth-order valence-electron chi connectivity index (χ4n) is 3.97. The quantitative estimate of drug-likeness (QED) is 0.516. The molecule has 1 aliphatic rings. The minimum atomic E-state index is -4.46. The molecule has 0 aliphatic carbocycles. The highest BCUT2D eigenvalue weighted by Crippen LogP contribution is 2.30.